The summed E-state index contributed by atoms with van der Waals surface area (Å²) in [5.41, 5.74) is -0.968. The zero-order valence-electron chi connectivity index (χ0n) is 8.09. The van der Waals surface area contributed by atoms with E-state index in [0.717, 1.165) is 12.4 Å². The summed E-state index contributed by atoms with van der Waals surface area (Å²) >= 11 is 0. The Labute approximate surface area is 81.8 Å². The fraction of sp³-hybridized carbons (Fsp3) is 0.750. The van der Waals surface area contributed by atoms with Crippen LogP contribution < -0.4 is 4.90 Å². The zero-order chi connectivity index (χ0) is 10.2. The van der Waals surface area contributed by atoms with Crippen molar-refractivity contribution in [1.29, 1.82) is 0 Å². The molecule has 0 saturated carbocycles. The van der Waals surface area contributed by atoms with Gasteiger partial charge in [0.2, 0.25) is 0 Å². The molecular formula is C8H14N4O2. The first kappa shape index (κ1) is 9.42. The molecule has 1 atom stereocenters. The van der Waals surface area contributed by atoms with E-state index in [1.165, 1.54) is 0 Å². The topological polar surface area (TPSA) is 74.4 Å². The highest BCUT2D eigenvalue weighted by Gasteiger charge is 2.36. The zero-order valence-corrected chi connectivity index (χ0v) is 8.09. The third kappa shape index (κ3) is 1.46. The minimum absolute atomic E-state index is 0.200. The van der Waals surface area contributed by atoms with Crippen molar-refractivity contribution in [2.75, 3.05) is 24.6 Å². The number of hydrogen-bond acceptors (Lipinski definition) is 5. The highest BCUT2D eigenvalue weighted by Crippen LogP contribution is 2.25. The van der Waals surface area contributed by atoms with E-state index in [4.69, 9.17) is 5.11 Å². The van der Waals surface area contributed by atoms with Crippen molar-refractivity contribution in [1.82, 2.24) is 15.0 Å². The van der Waals surface area contributed by atoms with E-state index in [0.29, 0.717) is 13.0 Å². The normalized spacial score (nSPS) is 27.2. The van der Waals surface area contributed by atoms with Crippen molar-refractivity contribution in [3.8, 4) is 0 Å². The minimum atomic E-state index is -0.968. The molecule has 1 unspecified atom stereocenters. The van der Waals surface area contributed by atoms with Crippen molar-refractivity contribution in [3.05, 3.63) is 6.20 Å². The first-order valence-electron chi connectivity index (χ1n) is 4.57. The second-order valence-corrected chi connectivity index (χ2v) is 3.77. The number of aliphatic hydroxyl groups excluding tert-OH is 1. The maximum absolute atomic E-state index is 9.82. The molecular weight excluding hydrogens is 184 g/mol. The number of anilines is 1. The predicted molar refractivity (Wildman–Crippen MR) is 49.9 cm³/mol. The van der Waals surface area contributed by atoms with Crippen LogP contribution in [0.4, 0.5) is 5.82 Å². The Kier molecular flexibility index (Phi) is 2.16. The predicted octanol–water partition coefficient (Wildman–Crippen LogP) is -1.25. The van der Waals surface area contributed by atoms with Gasteiger partial charge in [-0.2, -0.15) is 0 Å². The van der Waals surface area contributed by atoms with Crippen molar-refractivity contribution in [2.24, 2.45) is 7.05 Å². The Morgan fingerprint density at radius 2 is 2.43 bits per heavy atom. The smallest absolute Gasteiger partial charge is 0.147 e. The van der Waals surface area contributed by atoms with Crippen LogP contribution >= 0.6 is 0 Å². The lowest BCUT2D eigenvalue weighted by atomic mass is 10.1. The van der Waals surface area contributed by atoms with Gasteiger partial charge < -0.3 is 15.1 Å². The molecule has 14 heavy (non-hydrogen) atoms. The molecule has 1 saturated heterocycles. The summed E-state index contributed by atoms with van der Waals surface area (Å²) in [6, 6.07) is 0. The van der Waals surface area contributed by atoms with E-state index in [9.17, 15) is 5.11 Å². The third-order valence-corrected chi connectivity index (χ3v) is 2.64. The van der Waals surface area contributed by atoms with E-state index >= 15 is 0 Å². The van der Waals surface area contributed by atoms with Crippen LogP contribution in [0.5, 0.6) is 0 Å². The molecule has 6 heteroatoms. The molecule has 2 heterocycles. The number of β-amino-alcohol motifs (C(OH)–C–C–N with tert-alkyl or cyclic N) is 1. The molecule has 0 bridgehead atoms. The van der Waals surface area contributed by atoms with E-state index in [-0.39, 0.29) is 6.61 Å². The summed E-state index contributed by atoms with van der Waals surface area (Å²) in [5, 5.41) is 26.4. The maximum atomic E-state index is 9.82. The molecule has 1 aliphatic heterocycles. The van der Waals surface area contributed by atoms with Crippen molar-refractivity contribution in [2.45, 2.75) is 12.0 Å². The van der Waals surface area contributed by atoms with Crippen LogP contribution in [-0.2, 0) is 7.05 Å². The SMILES string of the molecule is Cn1nncc1N1CCC(O)(CO)C1. The number of aromatic nitrogens is 3. The van der Waals surface area contributed by atoms with Gasteiger partial charge >= 0.3 is 0 Å². The highest BCUT2D eigenvalue weighted by atomic mass is 16.3. The number of hydrogen-bond donors (Lipinski definition) is 2. The molecule has 1 aromatic rings. The molecule has 2 rings (SSSR count). The van der Waals surface area contributed by atoms with Crippen LogP contribution in [0.1, 0.15) is 6.42 Å². The molecule has 0 aliphatic carbocycles. The maximum Gasteiger partial charge on any atom is 0.147 e. The van der Waals surface area contributed by atoms with Gasteiger partial charge in [-0.1, -0.05) is 5.21 Å². The van der Waals surface area contributed by atoms with E-state index in [1.54, 1.807) is 17.9 Å². The number of aliphatic hydroxyl groups is 2. The molecule has 0 aromatic carbocycles. The van der Waals surface area contributed by atoms with Crippen LogP contribution in [0.3, 0.4) is 0 Å². The van der Waals surface area contributed by atoms with Crippen molar-refractivity contribution in [3.63, 3.8) is 0 Å². The van der Waals surface area contributed by atoms with Gasteiger partial charge in [0.1, 0.15) is 11.4 Å². The molecule has 1 fully saturated rings. The minimum Gasteiger partial charge on any atom is -0.393 e. The number of aryl methyl sites for hydroxylation is 1. The molecule has 0 radical (unpaired) electrons. The van der Waals surface area contributed by atoms with E-state index in [2.05, 4.69) is 10.3 Å². The first-order chi connectivity index (χ1) is 6.64. The fourth-order valence-electron chi connectivity index (χ4n) is 1.75. The summed E-state index contributed by atoms with van der Waals surface area (Å²) in [5.74, 6) is 0.870. The van der Waals surface area contributed by atoms with Gasteiger partial charge in [-0.25, -0.2) is 4.68 Å². The number of rotatable bonds is 2. The molecule has 0 amide bonds. The van der Waals surface area contributed by atoms with Crippen LogP contribution in [-0.4, -0.2) is 50.5 Å². The van der Waals surface area contributed by atoms with Gasteiger partial charge in [0.05, 0.1) is 19.3 Å². The molecule has 1 aliphatic rings. The number of nitrogens with zero attached hydrogens (tertiary/aromatic N) is 4. The lowest BCUT2D eigenvalue weighted by molar-refractivity contribution is 0.00471. The van der Waals surface area contributed by atoms with Crippen LogP contribution in [0.2, 0.25) is 0 Å². The third-order valence-electron chi connectivity index (χ3n) is 2.64. The van der Waals surface area contributed by atoms with Gasteiger partial charge in [0.15, 0.2) is 0 Å². The van der Waals surface area contributed by atoms with Gasteiger partial charge in [0, 0.05) is 13.6 Å². The Balaban J connectivity index is 2.13. The Morgan fingerprint density at radius 1 is 1.64 bits per heavy atom. The standard InChI is InChI=1S/C8H14N4O2/c1-11-7(4-9-10-11)12-3-2-8(14,5-12)6-13/h4,13-14H,2-3,5-6H2,1H3. The Bertz CT molecular complexity index is 327. The molecule has 0 spiro atoms. The fourth-order valence-corrected chi connectivity index (χ4v) is 1.75. The lowest BCUT2D eigenvalue weighted by Gasteiger charge is -2.21. The average molecular weight is 198 g/mol. The lowest BCUT2D eigenvalue weighted by Crippen LogP contribution is -2.37. The average Bonchev–Trinajstić information content (AvgIpc) is 2.73. The second-order valence-electron chi connectivity index (χ2n) is 3.77. The van der Waals surface area contributed by atoms with Gasteiger partial charge in [-0.05, 0) is 6.42 Å². The Hall–Kier alpha value is -1.14. The van der Waals surface area contributed by atoms with E-state index in [1.807, 2.05) is 4.90 Å². The summed E-state index contributed by atoms with van der Waals surface area (Å²) in [4.78, 5) is 1.97. The van der Waals surface area contributed by atoms with Crippen LogP contribution in [0, 0.1) is 0 Å². The Morgan fingerprint density at radius 3 is 2.93 bits per heavy atom. The van der Waals surface area contributed by atoms with Crippen molar-refractivity contribution < 1.29 is 10.2 Å². The monoisotopic (exact) mass is 198 g/mol. The quantitative estimate of drug-likeness (QED) is 0.621. The second kappa shape index (κ2) is 3.21. The summed E-state index contributed by atoms with van der Waals surface area (Å²) in [6.45, 7) is 0.956. The van der Waals surface area contributed by atoms with E-state index < -0.39 is 5.60 Å². The van der Waals surface area contributed by atoms with Gasteiger partial charge in [0.25, 0.3) is 0 Å². The summed E-state index contributed by atoms with van der Waals surface area (Å²) < 4.78 is 1.66. The van der Waals surface area contributed by atoms with Crippen LogP contribution in [0.25, 0.3) is 0 Å². The summed E-state index contributed by atoms with van der Waals surface area (Å²) in [7, 11) is 1.80. The molecule has 2 N–H and O–H groups in total. The first-order valence-corrected chi connectivity index (χ1v) is 4.57. The molecule has 6 nitrogen and oxygen atoms in total. The molecule has 1 aromatic heterocycles. The summed E-state index contributed by atoms with van der Waals surface area (Å²) in [6.07, 6.45) is 2.23. The van der Waals surface area contributed by atoms with Crippen LogP contribution in [0.15, 0.2) is 6.20 Å². The molecule has 78 valence electrons. The van der Waals surface area contributed by atoms with Gasteiger partial charge in [-0.3, -0.25) is 0 Å². The largest absolute Gasteiger partial charge is 0.393 e. The highest BCUT2D eigenvalue weighted by molar-refractivity contribution is 5.38. The van der Waals surface area contributed by atoms with Crippen molar-refractivity contribution >= 4 is 5.82 Å². The van der Waals surface area contributed by atoms with Gasteiger partial charge in [-0.15, -0.1) is 5.10 Å².